The number of benzene rings is 1. The minimum Gasteiger partial charge on any atom is -0.496 e. The summed E-state index contributed by atoms with van der Waals surface area (Å²) >= 11 is 0. The predicted octanol–water partition coefficient (Wildman–Crippen LogP) is 2.69. The monoisotopic (exact) mass is 286 g/mol. The fourth-order valence-electron chi connectivity index (χ4n) is 2.63. The van der Waals surface area contributed by atoms with Gasteiger partial charge in [0, 0.05) is 29.6 Å². The lowest BCUT2D eigenvalue weighted by atomic mass is 10.1. The fourth-order valence-corrected chi connectivity index (χ4v) is 2.63. The highest BCUT2D eigenvalue weighted by Crippen LogP contribution is 2.36. The molecule has 21 heavy (non-hydrogen) atoms. The smallest absolute Gasteiger partial charge is 0.305 e. The maximum atomic E-state index is 10.9. The average molecular weight is 286 g/mol. The maximum Gasteiger partial charge on any atom is 0.305 e. The first kappa shape index (κ1) is 13.7. The molecule has 2 aromatic rings. The molecule has 0 amide bonds. The van der Waals surface area contributed by atoms with Crippen molar-refractivity contribution in [2.75, 3.05) is 18.6 Å². The van der Waals surface area contributed by atoms with E-state index in [1.165, 1.54) is 0 Å². The summed E-state index contributed by atoms with van der Waals surface area (Å²) in [5, 5.41) is 11.0. The number of hydrogen-bond acceptors (Lipinski definition) is 4. The Balaban J connectivity index is 2.03. The van der Waals surface area contributed by atoms with Gasteiger partial charge in [-0.2, -0.15) is 0 Å². The lowest BCUT2D eigenvalue weighted by Crippen LogP contribution is -2.29. The lowest BCUT2D eigenvalue weighted by molar-refractivity contribution is -0.136. The molecule has 1 heterocycles. The molecule has 1 aromatic heterocycles. The van der Waals surface area contributed by atoms with Crippen molar-refractivity contribution in [1.29, 1.82) is 0 Å². The summed E-state index contributed by atoms with van der Waals surface area (Å²) in [5.41, 5.74) is 0. The number of fused-ring (bicyclic) bond motifs is 1. The molecule has 0 bridgehead atoms. The summed E-state index contributed by atoms with van der Waals surface area (Å²) in [7, 11) is 1.65. The van der Waals surface area contributed by atoms with Gasteiger partial charge in [-0.25, -0.2) is 4.98 Å². The van der Waals surface area contributed by atoms with Crippen molar-refractivity contribution in [1.82, 2.24) is 4.98 Å². The van der Waals surface area contributed by atoms with Crippen LogP contribution in [0.15, 0.2) is 30.5 Å². The van der Waals surface area contributed by atoms with Gasteiger partial charge in [-0.15, -0.1) is 0 Å². The third-order valence-corrected chi connectivity index (χ3v) is 3.79. The van der Waals surface area contributed by atoms with Gasteiger partial charge in [-0.3, -0.25) is 4.79 Å². The van der Waals surface area contributed by atoms with Crippen molar-refractivity contribution < 1.29 is 14.6 Å². The van der Waals surface area contributed by atoms with E-state index in [1.54, 1.807) is 13.3 Å². The number of rotatable bonds is 6. The first-order valence-electron chi connectivity index (χ1n) is 7.11. The SMILES string of the molecule is COc1cccc2c(N(CCC(=O)O)C3CC3)nccc12. The van der Waals surface area contributed by atoms with E-state index in [1.807, 2.05) is 24.3 Å². The van der Waals surface area contributed by atoms with Crippen LogP contribution in [-0.4, -0.2) is 35.8 Å². The molecule has 110 valence electrons. The molecule has 1 saturated carbocycles. The van der Waals surface area contributed by atoms with Crippen molar-refractivity contribution in [2.24, 2.45) is 0 Å². The number of ether oxygens (including phenoxy) is 1. The van der Waals surface area contributed by atoms with Crippen LogP contribution < -0.4 is 9.64 Å². The fraction of sp³-hybridized carbons (Fsp3) is 0.375. The maximum absolute atomic E-state index is 10.9. The molecule has 0 radical (unpaired) electrons. The number of hydrogen-bond donors (Lipinski definition) is 1. The van der Waals surface area contributed by atoms with Crippen LogP contribution in [0, 0.1) is 0 Å². The Hall–Kier alpha value is -2.30. The topological polar surface area (TPSA) is 62.7 Å². The zero-order valence-corrected chi connectivity index (χ0v) is 12.0. The summed E-state index contributed by atoms with van der Waals surface area (Å²) < 4.78 is 5.40. The number of aliphatic carboxylic acids is 1. The number of carboxylic acids is 1. The molecule has 3 rings (SSSR count). The molecule has 1 aliphatic carbocycles. The van der Waals surface area contributed by atoms with Crippen molar-refractivity contribution in [3.05, 3.63) is 30.5 Å². The molecule has 1 N–H and O–H groups in total. The molecular weight excluding hydrogens is 268 g/mol. The normalized spacial score (nSPS) is 14.1. The first-order chi connectivity index (χ1) is 10.2. The molecule has 5 nitrogen and oxygen atoms in total. The minimum atomic E-state index is -0.779. The summed E-state index contributed by atoms with van der Waals surface area (Å²) in [6.45, 7) is 0.489. The molecule has 1 aromatic carbocycles. The average Bonchev–Trinajstić information content (AvgIpc) is 3.31. The Labute approximate surface area is 123 Å². The Morgan fingerprint density at radius 2 is 2.19 bits per heavy atom. The molecule has 5 heteroatoms. The van der Waals surface area contributed by atoms with Crippen LogP contribution in [0.5, 0.6) is 5.75 Å². The number of pyridine rings is 1. The van der Waals surface area contributed by atoms with E-state index in [-0.39, 0.29) is 6.42 Å². The van der Waals surface area contributed by atoms with Crippen LogP contribution in [0.25, 0.3) is 10.8 Å². The zero-order chi connectivity index (χ0) is 14.8. The molecule has 0 spiro atoms. The standard InChI is InChI=1S/C16H18N2O3/c1-21-14-4-2-3-13-12(14)7-9-17-16(13)18(11-5-6-11)10-8-15(19)20/h2-4,7,9,11H,5-6,8,10H2,1H3,(H,19,20). The van der Waals surface area contributed by atoms with Crippen molar-refractivity contribution in [3.8, 4) is 5.75 Å². The van der Waals surface area contributed by atoms with Crippen LogP contribution >= 0.6 is 0 Å². The third kappa shape index (κ3) is 2.77. The quantitative estimate of drug-likeness (QED) is 0.884. The van der Waals surface area contributed by atoms with E-state index in [0.29, 0.717) is 12.6 Å². The van der Waals surface area contributed by atoms with Gasteiger partial charge in [0.25, 0.3) is 0 Å². The first-order valence-corrected chi connectivity index (χ1v) is 7.11. The number of anilines is 1. The lowest BCUT2D eigenvalue weighted by Gasteiger charge is -2.24. The van der Waals surface area contributed by atoms with Crippen LogP contribution in [0.4, 0.5) is 5.82 Å². The summed E-state index contributed by atoms with van der Waals surface area (Å²) in [4.78, 5) is 17.5. The number of aromatic nitrogens is 1. The number of carboxylic acid groups (broad SMARTS) is 1. The molecule has 0 saturated heterocycles. The second-order valence-electron chi connectivity index (χ2n) is 5.26. The van der Waals surface area contributed by atoms with E-state index in [4.69, 9.17) is 9.84 Å². The van der Waals surface area contributed by atoms with E-state index in [2.05, 4.69) is 9.88 Å². The second kappa shape index (κ2) is 5.60. The predicted molar refractivity (Wildman–Crippen MR) is 80.9 cm³/mol. The Bertz CT molecular complexity index is 668. The molecule has 0 aliphatic heterocycles. The Morgan fingerprint density at radius 1 is 1.38 bits per heavy atom. The van der Waals surface area contributed by atoms with Gasteiger partial charge >= 0.3 is 5.97 Å². The molecular formula is C16H18N2O3. The number of nitrogens with zero attached hydrogens (tertiary/aromatic N) is 2. The zero-order valence-electron chi connectivity index (χ0n) is 12.0. The highest BCUT2D eigenvalue weighted by atomic mass is 16.5. The van der Waals surface area contributed by atoms with Gasteiger partial charge in [0.1, 0.15) is 11.6 Å². The second-order valence-corrected chi connectivity index (χ2v) is 5.26. The van der Waals surface area contributed by atoms with Crippen molar-refractivity contribution in [2.45, 2.75) is 25.3 Å². The van der Waals surface area contributed by atoms with Gasteiger partial charge in [0.15, 0.2) is 0 Å². The van der Waals surface area contributed by atoms with Crippen molar-refractivity contribution in [3.63, 3.8) is 0 Å². The van der Waals surface area contributed by atoms with Crippen LogP contribution in [-0.2, 0) is 4.79 Å². The molecule has 0 atom stereocenters. The summed E-state index contributed by atoms with van der Waals surface area (Å²) in [6, 6.07) is 8.21. The minimum absolute atomic E-state index is 0.124. The van der Waals surface area contributed by atoms with Crippen LogP contribution in [0.3, 0.4) is 0 Å². The third-order valence-electron chi connectivity index (χ3n) is 3.79. The molecule has 0 unspecified atom stereocenters. The van der Waals surface area contributed by atoms with E-state index >= 15 is 0 Å². The molecule has 1 aliphatic rings. The Kier molecular flexibility index (Phi) is 3.64. The van der Waals surface area contributed by atoms with E-state index in [9.17, 15) is 4.79 Å². The summed E-state index contributed by atoms with van der Waals surface area (Å²) in [6.07, 6.45) is 4.08. The van der Waals surface area contributed by atoms with Gasteiger partial charge in [-0.1, -0.05) is 12.1 Å². The molecule has 1 fully saturated rings. The summed E-state index contributed by atoms with van der Waals surface area (Å²) in [5.74, 6) is 0.888. The van der Waals surface area contributed by atoms with E-state index < -0.39 is 5.97 Å². The van der Waals surface area contributed by atoms with Gasteiger partial charge in [-0.05, 0) is 25.0 Å². The van der Waals surface area contributed by atoms with Crippen LogP contribution in [0.2, 0.25) is 0 Å². The van der Waals surface area contributed by atoms with E-state index in [0.717, 1.165) is 35.2 Å². The Morgan fingerprint density at radius 3 is 2.86 bits per heavy atom. The highest BCUT2D eigenvalue weighted by molar-refractivity contribution is 5.96. The van der Waals surface area contributed by atoms with Gasteiger partial charge in [0.05, 0.1) is 13.5 Å². The number of methoxy groups -OCH3 is 1. The van der Waals surface area contributed by atoms with Crippen LogP contribution in [0.1, 0.15) is 19.3 Å². The van der Waals surface area contributed by atoms with Gasteiger partial charge in [0.2, 0.25) is 0 Å². The highest BCUT2D eigenvalue weighted by Gasteiger charge is 2.31. The largest absolute Gasteiger partial charge is 0.496 e. The van der Waals surface area contributed by atoms with Crippen molar-refractivity contribution >= 4 is 22.6 Å². The number of carbonyl (C=O) groups is 1. The van der Waals surface area contributed by atoms with Gasteiger partial charge < -0.3 is 14.7 Å².